The van der Waals surface area contributed by atoms with Crippen molar-refractivity contribution in [3.63, 3.8) is 0 Å². The van der Waals surface area contributed by atoms with E-state index in [-0.39, 0.29) is 34.0 Å². The van der Waals surface area contributed by atoms with Crippen molar-refractivity contribution in [3.8, 4) is 0 Å². The Morgan fingerprint density at radius 2 is 1.04 bits per heavy atom. The molecule has 4 heteroatoms. The molecule has 128 valence electrons. The fraction of sp³-hybridized carbons (Fsp3) is 0.474. The van der Waals surface area contributed by atoms with Gasteiger partial charge in [0.1, 0.15) is 13.1 Å². The third kappa shape index (κ3) is 9.21. The molecular formula is C19H28Br2N2. The van der Waals surface area contributed by atoms with Gasteiger partial charge in [-0.15, -0.1) is 0 Å². The number of unbranched alkanes of at least 4 members (excludes halogenated alkanes) is 4. The lowest BCUT2D eigenvalue weighted by Gasteiger charge is -2.00. The third-order valence-electron chi connectivity index (χ3n) is 3.84. The Morgan fingerprint density at radius 3 is 1.43 bits per heavy atom. The second-order valence-corrected chi connectivity index (χ2v) is 6.01. The fourth-order valence-corrected chi connectivity index (χ4v) is 2.70. The van der Waals surface area contributed by atoms with Gasteiger partial charge in [-0.25, -0.2) is 9.13 Å². The number of aryl methyl sites for hydroxylation is 4. The number of halogens is 2. The van der Waals surface area contributed by atoms with Crippen molar-refractivity contribution in [2.75, 3.05) is 0 Å². The lowest BCUT2D eigenvalue weighted by Crippen LogP contribution is -3.00. The molecule has 0 N–H and O–H groups in total. The third-order valence-corrected chi connectivity index (χ3v) is 3.84. The predicted molar refractivity (Wildman–Crippen MR) is 85.8 cm³/mol. The fourth-order valence-electron chi connectivity index (χ4n) is 2.70. The standard InChI is InChI=1S/C19H28N2.2BrH/c1-18-10-8-14-20(16-18)12-6-4-3-5-7-13-21-15-9-11-19(2)17-21;;/h8-11,14-17H,3-7,12-13H2,1-2H3;2*1H/q+2;;/p-2. The minimum atomic E-state index is 0. The minimum Gasteiger partial charge on any atom is -1.00 e. The molecule has 2 rings (SSSR count). The summed E-state index contributed by atoms with van der Waals surface area (Å²) in [5, 5.41) is 0. The van der Waals surface area contributed by atoms with Crippen LogP contribution in [0.4, 0.5) is 0 Å². The Hall–Kier alpha value is -0.740. The molecule has 0 unspecified atom stereocenters. The first-order valence-electron chi connectivity index (χ1n) is 8.15. The van der Waals surface area contributed by atoms with Crippen molar-refractivity contribution >= 4 is 0 Å². The second-order valence-electron chi connectivity index (χ2n) is 6.01. The van der Waals surface area contributed by atoms with Crippen LogP contribution in [0.5, 0.6) is 0 Å². The summed E-state index contributed by atoms with van der Waals surface area (Å²) in [4.78, 5) is 0. The number of pyridine rings is 2. The van der Waals surface area contributed by atoms with Crippen LogP contribution in [0.1, 0.15) is 43.2 Å². The van der Waals surface area contributed by atoms with Crippen molar-refractivity contribution in [2.24, 2.45) is 0 Å². The number of aromatic nitrogens is 2. The van der Waals surface area contributed by atoms with Gasteiger partial charge >= 0.3 is 0 Å². The summed E-state index contributed by atoms with van der Waals surface area (Å²) in [6.07, 6.45) is 15.4. The van der Waals surface area contributed by atoms with Gasteiger partial charge in [0.25, 0.3) is 0 Å². The van der Waals surface area contributed by atoms with E-state index in [1.807, 2.05) is 0 Å². The zero-order chi connectivity index (χ0) is 14.9. The van der Waals surface area contributed by atoms with Crippen LogP contribution in [-0.4, -0.2) is 0 Å². The zero-order valence-electron chi connectivity index (χ0n) is 14.2. The van der Waals surface area contributed by atoms with Crippen molar-refractivity contribution in [2.45, 2.75) is 59.0 Å². The van der Waals surface area contributed by atoms with Crippen LogP contribution in [0.15, 0.2) is 49.1 Å². The van der Waals surface area contributed by atoms with E-state index in [0.717, 1.165) is 13.1 Å². The van der Waals surface area contributed by atoms with E-state index in [4.69, 9.17) is 0 Å². The van der Waals surface area contributed by atoms with E-state index < -0.39 is 0 Å². The normalized spacial score (nSPS) is 9.83. The SMILES string of the molecule is Cc1ccc[n+](CCCCCCC[n+]2cccc(C)c2)c1.[Br-].[Br-]. The maximum absolute atomic E-state index is 2.30. The minimum absolute atomic E-state index is 0. The zero-order valence-corrected chi connectivity index (χ0v) is 17.4. The van der Waals surface area contributed by atoms with Crippen molar-refractivity contribution in [3.05, 3.63) is 60.2 Å². The first kappa shape index (κ1) is 22.3. The molecule has 0 bridgehead atoms. The lowest BCUT2D eigenvalue weighted by molar-refractivity contribution is -0.698. The van der Waals surface area contributed by atoms with E-state index in [1.165, 1.54) is 43.2 Å². The van der Waals surface area contributed by atoms with Crippen molar-refractivity contribution in [1.82, 2.24) is 0 Å². The molecule has 23 heavy (non-hydrogen) atoms. The molecule has 0 aliphatic rings. The summed E-state index contributed by atoms with van der Waals surface area (Å²) in [6.45, 7) is 6.60. The van der Waals surface area contributed by atoms with E-state index in [2.05, 4.69) is 72.0 Å². The quantitative estimate of drug-likeness (QED) is 0.316. The van der Waals surface area contributed by atoms with Crippen LogP contribution in [-0.2, 0) is 13.1 Å². The Balaban J connectivity index is 0.00000242. The summed E-state index contributed by atoms with van der Waals surface area (Å²) >= 11 is 0. The molecule has 0 spiro atoms. The predicted octanol–water partition coefficient (Wildman–Crippen LogP) is -2.46. The molecule has 2 heterocycles. The van der Waals surface area contributed by atoms with Crippen molar-refractivity contribution in [1.29, 1.82) is 0 Å². The maximum Gasteiger partial charge on any atom is 0.171 e. The maximum atomic E-state index is 2.30. The van der Waals surface area contributed by atoms with Gasteiger partial charge in [-0.1, -0.05) is 6.42 Å². The Morgan fingerprint density at radius 1 is 0.652 bits per heavy atom. The van der Waals surface area contributed by atoms with Gasteiger partial charge in [0, 0.05) is 36.1 Å². The number of nitrogens with zero attached hydrogens (tertiary/aromatic N) is 2. The van der Waals surface area contributed by atoms with Gasteiger partial charge in [0.15, 0.2) is 24.8 Å². The largest absolute Gasteiger partial charge is 1.00 e. The lowest BCUT2D eigenvalue weighted by atomic mass is 10.1. The highest BCUT2D eigenvalue weighted by atomic mass is 79.9. The van der Waals surface area contributed by atoms with E-state index in [9.17, 15) is 0 Å². The average molecular weight is 444 g/mol. The molecule has 2 nitrogen and oxygen atoms in total. The number of hydrogen-bond donors (Lipinski definition) is 0. The van der Waals surface area contributed by atoms with Gasteiger partial charge < -0.3 is 34.0 Å². The summed E-state index contributed by atoms with van der Waals surface area (Å²) in [5.74, 6) is 0. The topological polar surface area (TPSA) is 7.76 Å². The molecule has 0 fully saturated rings. The van der Waals surface area contributed by atoms with Crippen LogP contribution in [0.3, 0.4) is 0 Å². The van der Waals surface area contributed by atoms with Gasteiger partial charge in [-0.2, -0.15) is 0 Å². The van der Waals surface area contributed by atoms with Gasteiger partial charge in [-0.05, 0) is 38.8 Å². The number of rotatable bonds is 8. The highest BCUT2D eigenvalue weighted by molar-refractivity contribution is 5.01. The molecule has 0 aromatic carbocycles. The second kappa shape index (κ2) is 12.7. The molecule has 0 amide bonds. The van der Waals surface area contributed by atoms with Gasteiger partial charge in [0.05, 0.1) is 0 Å². The molecule has 0 radical (unpaired) electrons. The summed E-state index contributed by atoms with van der Waals surface area (Å²) in [7, 11) is 0. The molecule has 0 saturated carbocycles. The van der Waals surface area contributed by atoms with E-state index >= 15 is 0 Å². The van der Waals surface area contributed by atoms with Gasteiger partial charge in [0.2, 0.25) is 0 Å². The Labute approximate surface area is 162 Å². The molecule has 0 saturated heterocycles. The first-order chi connectivity index (χ1) is 10.2. The van der Waals surface area contributed by atoms with E-state index in [0.29, 0.717) is 0 Å². The van der Waals surface area contributed by atoms with Crippen LogP contribution < -0.4 is 43.1 Å². The van der Waals surface area contributed by atoms with Crippen LogP contribution in [0.25, 0.3) is 0 Å². The van der Waals surface area contributed by atoms with Crippen LogP contribution in [0.2, 0.25) is 0 Å². The highest BCUT2D eigenvalue weighted by Crippen LogP contribution is 2.03. The first-order valence-corrected chi connectivity index (χ1v) is 8.15. The summed E-state index contributed by atoms with van der Waals surface area (Å²) < 4.78 is 4.61. The summed E-state index contributed by atoms with van der Waals surface area (Å²) in [6, 6.07) is 8.57. The Kier molecular flexibility index (Phi) is 12.2. The molecule has 2 aromatic heterocycles. The number of hydrogen-bond acceptors (Lipinski definition) is 0. The highest BCUT2D eigenvalue weighted by Gasteiger charge is 2.02. The smallest absolute Gasteiger partial charge is 0.171 e. The van der Waals surface area contributed by atoms with Crippen molar-refractivity contribution < 1.29 is 43.1 Å². The average Bonchev–Trinajstić information content (AvgIpc) is 2.46. The molecule has 0 aliphatic carbocycles. The Bertz CT molecular complexity index is 509. The summed E-state index contributed by atoms with van der Waals surface area (Å²) in [5.41, 5.74) is 2.68. The van der Waals surface area contributed by atoms with Gasteiger partial charge in [-0.3, -0.25) is 0 Å². The van der Waals surface area contributed by atoms with Crippen LogP contribution in [0, 0.1) is 13.8 Å². The molecule has 0 atom stereocenters. The monoisotopic (exact) mass is 442 g/mol. The molecular weight excluding hydrogens is 416 g/mol. The van der Waals surface area contributed by atoms with E-state index in [1.54, 1.807) is 0 Å². The molecule has 0 aliphatic heterocycles. The molecule has 2 aromatic rings. The van der Waals surface area contributed by atoms with Crippen LogP contribution >= 0.6 is 0 Å².